The van der Waals surface area contributed by atoms with Gasteiger partial charge in [-0.3, -0.25) is 9.78 Å². The van der Waals surface area contributed by atoms with Crippen molar-refractivity contribution in [3.05, 3.63) is 36.0 Å². The molecule has 1 heterocycles. The lowest BCUT2D eigenvalue weighted by atomic mass is 9.79. The van der Waals surface area contributed by atoms with E-state index < -0.39 is 24.0 Å². The smallest absolute Gasteiger partial charge is 0.364 e. The molecule has 1 aromatic rings. The molecule has 1 saturated carbocycles. The van der Waals surface area contributed by atoms with E-state index in [1.807, 2.05) is 0 Å². The molecule has 120 valence electrons. The summed E-state index contributed by atoms with van der Waals surface area (Å²) in [5, 5.41) is 19.5. The second kappa shape index (κ2) is 6.23. The fourth-order valence-electron chi connectivity index (χ4n) is 2.99. The summed E-state index contributed by atoms with van der Waals surface area (Å²) in [5.41, 5.74) is 0.243. The lowest BCUT2D eigenvalue weighted by Gasteiger charge is -2.26. The zero-order valence-corrected chi connectivity index (χ0v) is 12.1. The Morgan fingerprint density at radius 2 is 2.04 bits per heavy atom. The van der Waals surface area contributed by atoms with E-state index in [-0.39, 0.29) is 23.7 Å². The Balaban J connectivity index is 1.71. The van der Waals surface area contributed by atoms with Crippen molar-refractivity contribution in [1.82, 2.24) is 4.98 Å². The average molecular weight is 318 g/mol. The largest absolute Gasteiger partial charge is 0.510 e. The fraction of sp³-hybridized carbons (Fsp3) is 0.400. The standard InChI is InChI=1S/C15H15FN4O3/c16-8-1-2-10-11(7-8)14(22)12(13(10)21)19-20-15(23)18-9-3-5-17-6-4-9/h3-6,8,10-11,22H,1-2,7H2,(H,17,18,23). The molecule has 0 aromatic carbocycles. The number of halogens is 1. The van der Waals surface area contributed by atoms with Gasteiger partial charge in [0.05, 0.1) is 0 Å². The molecule has 3 atom stereocenters. The first-order valence-corrected chi connectivity index (χ1v) is 7.30. The van der Waals surface area contributed by atoms with Crippen LogP contribution in [0.3, 0.4) is 0 Å². The second-order valence-corrected chi connectivity index (χ2v) is 5.59. The van der Waals surface area contributed by atoms with Crippen LogP contribution in [0.1, 0.15) is 19.3 Å². The average Bonchev–Trinajstić information content (AvgIpc) is 2.77. The lowest BCUT2D eigenvalue weighted by Crippen LogP contribution is -2.27. The number of carbonyl (C=O) groups is 2. The number of aliphatic hydroxyl groups is 1. The molecular weight excluding hydrogens is 303 g/mol. The van der Waals surface area contributed by atoms with Gasteiger partial charge in [-0.05, 0) is 31.4 Å². The van der Waals surface area contributed by atoms with Crippen LogP contribution in [-0.4, -0.2) is 28.1 Å². The van der Waals surface area contributed by atoms with Gasteiger partial charge in [-0.1, -0.05) is 5.11 Å². The highest BCUT2D eigenvalue weighted by Crippen LogP contribution is 2.43. The van der Waals surface area contributed by atoms with Crippen molar-refractivity contribution < 1.29 is 19.1 Å². The van der Waals surface area contributed by atoms with Gasteiger partial charge in [0.25, 0.3) is 0 Å². The Labute approximate surface area is 131 Å². The van der Waals surface area contributed by atoms with Crippen molar-refractivity contribution in [3.63, 3.8) is 0 Å². The number of hydrogen-bond donors (Lipinski definition) is 2. The van der Waals surface area contributed by atoms with Gasteiger partial charge in [-0.2, -0.15) is 0 Å². The van der Waals surface area contributed by atoms with Crippen molar-refractivity contribution in [1.29, 1.82) is 0 Å². The molecule has 2 amide bonds. The van der Waals surface area contributed by atoms with Crippen LogP contribution in [-0.2, 0) is 4.79 Å². The third kappa shape index (κ3) is 3.10. The van der Waals surface area contributed by atoms with Gasteiger partial charge in [0.1, 0.15) is 11.9 Å². The van der Waals surface area contributed by atoms with Crippen LogP contribution in [0.25, 0.3) is 0 Å². The maximum absolute atomic E-state index is 13.4. The van der Waals surface area contributed by atoms with E-state index in [1.54, 1.807) is 12.1 Å². The summed E-state index contributed by atoms with van der Waals surface area (Å²) >= 11 is 0. The number of nitrogens with one attached hydrogen (secondary N) is 1. The fourth-order valence-corrected chi connectivity index (χ4v) is 2.99. The van der Waals surface area contributed by atoms with Crippen LogP contribution in [0.4, 0.5) is 14.9 Å². The van der Waals surface area contributed by atoms with Crippen LogP contribution in [0.2, 0.25) is 0 Å². The van der Waals surface area contributed by atoms with Gasteiger partial charge in [0.15, 0.2) is 11.5 Å². The molecule has 0 aliphatic heterocycles. The maximum atomic E-state index is 13.4. The third-order valence-corrected chi connectivity index (χ3v) is 4.12. The molecule has 23 heavy (non-hydrogen) atoms. The van der Waals surface area contributed by atoms with Crippen molar-refractivity contribution in [2.75, 3.05) is 5.32 Å². The normalized spacial score (nSPS) is 27.3. The quantitative estimate of drug-likeness (QED) is 0.817. The van der Waals surface area contributed by atoms with Crippen molar-refractivity contribution in [2.45, 2.75) is 25.4 Å². The first-order valence-electron chi connectivity index (χ1n) is 7.30. The molecule has 0 radical (unpaired) electrons. The molecule has 8 heteroatoms. The summed E-state index contributed by atoms with van der Waals surface area (Å²) in [6.45, 7) is 0. The molecule has 2 N–H and O–H groups in total. The molecule has 1 fully saturated rings. The number of allylic oxidation sites excluding steroid dienone is 2. The molecule has 0 spiro atoms. The maximum Gasteiger partial charge on any atom is 0.364 e. The highest BCUT2D eigenvalue weighted by Gasteiger charge is 2.46. The number of alkyl halides is 1. The van der Waals surface area contributed by atoms with E-state index in [9.17, 15) is 19.1 Å². The highest BCUT2D eigenvalue weighted by atomic mass is 19.1. The Hall–Kier alpha value is -2.64. The number of urea groups is 1. The van der Waals surface area contributed by atoms with Crippen LogP contribution >= 0.6 is 0 Å². The number of carbonyl (C=O) groups excluding carboxylic acids is 2. The predicted molar refractivity (Wildman–Crippen MR) is 78.5 cm³/mol. The zero-order valence-electron chi connectivity index (χ0n) is 12.1. The second-order valence-electron chi connectivity index (χ2n) is 5.59. The topological polar surface area (TPSA) is 104 Å². The first kappa shape index (κ1) is 15.3. The summed E-state index contributed by atoms with van der Waals surface area (Å²) in [6, 6.07) is 2.37. The Kier molecular flexibility index (Phi) is 4.14. The number of rotatable bonds is 2. The van der Waals surface area contributed by atoms with E-state index in [4.69, 9.17) is 0 Å². The lowest BCUT2D eigenvalue weighted by molar-refractivity contribution is -0.120. The van der Waals surface area contributed by atoms with Gasteiger partial charge in [-0.15, -0.1) is 5.11 Å². The van der Waals surface area contributed by atoms with Crippen LogP contribution in [0.15, 0.2) is 46.2 Å². The number of amides is 2. The summed E-state index contributed by atoms with van der Waals surface area (Å²) in [4.78, 5) is 27.7. The van der Waals surface area contributed by atoms with E-state index >= 15 is 0 Å². The molecule has 2 aliphatic rings. The van der Waals surface area contributed by atoms with Crippen LogP contribution < -0.4 is 5.32 Å². The van der Waals surface area contributed by atoms with Gasteiger partial charge < -0.3 is 10.4 Å². The number of anilines is 1. The van der Waals surface area contributed by atoms with Crippen LogP contribution in [0.5, 0.6) is 0 Å². The Morgan fingerprint density at radius 3 is 2.78 bits per heavy atom. The number of Topliss-reactive ketones (excluding diaryl/α,β-unsaturated/α-hetero) is 1. The predicted octanol–water partition coefficient (Wildman–Crippen LogP) is 3.17. The zero-order chi connectivity index (χ0) is 16.4. The Morgan fingerprint density at radius 1 is 1.30 bits per heavy atom. The number of aliphatic hydroxyl groups excluding tert-OH is 1. The number of ketones is 1. The minimum atomic E-state index is -1.03. The van der Waals surface area contributed by atoms with Gasteiger partial charge in [0.2, 0.25) is 0 Å². The summed E-state index contributed by atoms with van der Waals surface area (Å²) < 4.78 is 13.4. The van der Waals surface area contributed by atoms with Crippen LogP contribution in [0, 0.1) is 11.8 Å². The molecular formula is C15H15FN4O3. The number of aromatic nitrogens is 1. The van der Waals surface area contributed by atoms with Crippen molar-refractivity contribution in [3.8, 4) is 0 Å². The minimum absolute atomic E-state index is 0.102. The van der Waals surface area contributed by atoms with Gasteiger partial charge >= 0.3 is 6.03 Å². The van der Waals surface area contributed by atoms with Gasteiger partial charge in [0, 0.05) is 29.9 Å². The van der Waals surface area contributed by atoms with Gasteiger partial charge in [-0.25, -0.2) is 9.18 Å². The molecule has 0 bridgehead atoms. The Bertz CT molecular complexity index is 689. The molecule has 3 unspecified atom stereocenters. The molecule has 1 aromatic heterocycles. The van der Waals surface area contributed by atoms with Crippen molar-refractivity contribution in [2.24, 2.45) is 22.1 Å². The number of hydrogen-bond acceptors (Lipinski definition) is 5. The molecule has 2 aliphatic carbocycles. The summed E-state index contributed by atoms with van der Waals surface area (Å²) in [5.74, 6) is -1.65. The summed E-state index contributed by atoms with van der Waals surface area (Å²) in [6.07, 6.45) is 2.74. The number of pyridine rings is 1. The molecule has 7 nitrogen and oxygen atoms in total. The molecule has 0 saturated heterocycles. The highest BCUT2D eigenvalue weighted by molar-refractivity contribution is 6.00. The number of azo groups is 1. The monoisotopic (exact) mass is 318 g/mol. The first-order chi connectivity index (χ1) is 11.1. The minimum Gasteiger partial charge on any atom is -0.510 e. The SMILES string of the molecule is O=C(N=NC1=C(O)C2CC(F)CCC2C1=O)Nc1ccncc1. The third-order valence-electron chi connectivity index (χ3n) is 4.12. The van der Waals surface area contributed by atoms with E-state index in [2.05, 4.69) is 20.5 Å². The number of fused-ring (bicyclic) bond motifs is 1. The summed E-state index contributed by atoms with van der Waals surface area (Å²) in [7, 11) is 0. The number of nitrogens with zero attached hydrogens (tertiary/aromatic N) is 3. The van der Waals surface area contributed by atoms with Crippen molar-refractivity contribution >= 4 is 17.5 Å². The van der Waals surface area contributed by atoms with E-state index in [0.29, 0.717) is 18.5 Å². The van der Waals surface area contributed by atoms with E-state index in [0.717, 1.165) is 0 Å². The van der Waals surface area contributed by atoms with E-state index in [1.165, 1.54) is 12.4 Å². The molecule has 3 rings (SSSR count).